The summed E-state index contributed by atoms with van der Waals surface area (Å²) in [6.07, 6.45) is 6.74. The van der Waals surface area contributed by atoms with Crippen LogP contribution in [0.3, 0.4) is 0 Å². The summed E-state index contributed by atoms with van der Waals surface area (Å²) in [5.41, 5.74) is 11.0. The highest BCUT2D eigenvalue weighted by molar-refractivity contribution is 6.35. The quantitative estimate of drug-likeness (QED) is 0.492. The molecule has 2 N–H and O–H groups in total. The first-order valence-corrected chi connectivity index (χ1v) is 11.1. The van der Waals surface area contributed by atoms with Crippen LogP contribution < -0.4 is 11.3 Å². The molecular weight excluding hydrogens is 442 g/mol. The van der Waals surface area contributed by atoms with Gasteiger partial charge in [0.1, 0.15) is 5.52 Å². The van der Waals surface area contributed by atoms with E-state index >= 15 is 0 Å². The fourth-order valence-corrected chi connectivity index (χ4v) is 4.49. The van der Waals surface area contributed by atoms with Gasteiger partial charge in [0.15, 0.2) is 0 Å². The number of halogens is 1. The summed E-state index contributed by atoms with van der Waals surface area (Å²) in [5, 5.41) is 13.5. The van der Waals surface area contributed by atoms with Crippen molar-refractivity contribution in [2.24, 2.45) is 12.8 Å². The molecule has 1 aromatic carbocycles. The molecule has 0 unspecified atom stereocenters. The second-order valence-corrected chi connectivity index (χ2v) is 8.81. The van der Waals surface area contributed by atoms with Gasteiger partial charge in [-0.05, 0) is 48.6 Å². The molecule has 5 rings (SSSR count). The molecule has 3 aromatic heterocycles. The third-order valence-corrected chi connectivity index (χ3v) is 6.63. The van der Waals surface area contributed by atoms with E-state index in [1.165, 1.54) is 4.68 Å². The predicted octanol–water partition coefficient (Wildman–Crippen LogP) is 2.43. The zero-order chi connectivity index (χ0) is 23.1. The van der Waals surface area contributed by atoms with Crippen molar-refractivity contribution in [3.05, 3.63) is 68.9 Å². The highest BCUT2D eigenvalue weighted by atomic mass is 35.5. The van der Waals surface area contributed by atoms with Crippen LogP contribution in [0.1, 0.15) is 29.2 Å². The summed E-state index contributed by atoms with van der Waals surface area (Å²) in [7, 11) is 1.87. The van der Waals surface area contributed by atoms with E-state index < -0.39 is 0 Å². The SMILES string of the molecule is Cc1c(Cc2ccc(-c3cnn(C)c3)nc2)cc2c(=O)n([C@H]3CCOC[C@@H]3N)nnc2c1Cl. The van der Waals surface area contributed by atoms with Crippen LogP contribution in [0.2, 0.25) is 5.02 Å². The lowest BCUT2D eigenvalue weighted by Crippen LogP contribution is -2.45. The fourth-order valence-electron chi connectivity index (χ4n) is 4.23. The minimum absolute atomic E-state index is 0.240. The molecule has 9 nitrogen and oxygen atoms in total. The zero-order valence-corrected chi connectivity index (χ0v) is 19.2. The molecule has 0 amide bonds. The number of aryl methyl sites for hydroxylation is 1. The number of hydrogen-bond acceptors (Lipinski definition) is 7. The van der Waals surface area contributed by atoms with Gasteiger partial charge in [-0.2, -0.15) is 5.10 Å². The van der Waals surface area contributed by atoms with Crippen molar-refractivity contribution in [1.29, 1.82) is 0 Å². The standard InChI is InChI=1S/C23H24ClN7O2/c1-13-15(7-14-3-4-19(26-9-14)16-10-27-30(2)11-16)8-17-22(21(13)24)28-29-31(23(17)32)20-5-6-33-12-18(20)25/h3-4,8-11,18,20H,5-7,12,25H2,1-2H3/t18-,20-/m0/s1. The van der Waals surface area contributed by atoms with Crippen LogP contribution >= 0.6 is 11.6 Å². The Morgan fingerprint density at radius 1 is 1.30 bits per heavy atom. The van der Waals surface area contributed by atoms with Crippen molar-refractivity contribution in [3.63, 3.8) is 0 Å². The molecule has 4 heterocycles. The minimum atomic E-state index is -0.312. The Labute approximate surface area is 195 Å². The third kappa shape index (κ3) is 4.03. The smallest absolute Gasteiger partial charge is 0.277 e. The van der Waals surface area contributed by atoms with E-state index in [-0.39, 0.29) is 17.6 Å². The second kappa shape index (κ2) is 8.66. The average molecular weight is 466 g/mol. The molecule has 4 aromatic rings. The number of aromatic nitrogens is 6. The Morgan fingerprint density at radius 3 is 2.85 bits per heavy atom. The Hall–Kier alpha value is -3.14. The van der Waals surface area contributed by atoms with Gasteiger partial charge in [-0.1, -0.05) is 22.9 Å². The van der Waals surface area contributed by atoms with Gasteiger partial charge in [-0.3, -0.25) is 14.5 Å². The number of nitrogens with zero attached hydrogens (tertiary/aromatic N) is 6. The van der Waals surface area contributed by atoms with Crippen LogP contribution in [-0.2, 0) is 18.2 Å². The molecule has 33 heavy (non-hydrogen) atoms. The van der Waals surface area contributed by atoms with Gasteiger partial charge in [-0.25, -0.2) is 4.68 Å². The van der Waals surface area contributed by atoms with Crippen molar-refractivity contribution in [2.75, 3.05) is 13.2 Å². The van der Waals surface area contributed by atoms with E-state index in [0.29, 0.717) is 42.0 Å². The Kier molecular flexibility index (Phi) is 5.69. The van der Waals surface area contributed by atoms with Gasteiger partial charge in [0.05, 0.1) is 41.0 Å². The number of hydrogen-bond donors (Lipinski definition) is 1. The van der Waals surface area contributed by atoms with E-state index in [0.717, 1.165) is 27.9 Å². The lowest BCUT2D eigenvalue weighted by molar-refractivity contribution is 0.0471. The highest BCUT2D eigenvalue weighted by Gasteiger charge is 2.27. The molecule has 1 fully saturated rings. The van der Waals surface area contributed by atoms with Gasteiger partial charge in [0.25, 0.3) is 5.56 Å². The van der Waals surface area contributed by atoms with Crippen LogP contribution in [0.25, 0.3) is 22.2 Å². The van der Waals surface area contributed by atoms with E-state index in [1.807, 2.05) is 44.6 Å². The van der Waals surface area contributed by atoms with Crippen molar-refractivity contribution in [3.8, 4) is 11.3 Å². The van der Waals surface area contributed by atoms with Gasteiger partial charge in [0, 0.05) is 31.6 Å². The van der Waals surface area contributed by atoms with Crippen LogP contribution in [-0.4, -0.2) is 49.0 Å². The van der Waals surface area contributed by atoms with Crippen molar-refractivity contribution >= 4 is 22.5 Å². The molecule has 1 saturated heterocycles. The summed E-state index contributed by atoms with van der Waals surface area (Å²) in [6.45, 7) is 2.85. The minimum Gasteiger partial charge on any atom is -0.380 e. The van der Waals surface area contributed by atoms with Gasteiger partial charge in [-0.15, -0.1) is 5.10 Å². The van der Waals surface area contributed by atoms with Crippen LogP contribution in [0.5, 0.6) is 0 Å². The molecule has 0 radical (unpaired) electrons. The number of ether oxygens (including phenoxy) is 1. The Balaban J connectivity index is 1.51. The number of benzene rings is 1. The number of fused-ring (bicyclic) bond motifs is 1. The van der Waals surface area contributed by atoms with Crippen molar-refractivity contribution in [1.82, 2.24) is 29.8 Å². The van der Waals surface area contributed by atoms with Crippen LogP contribution in [0.15, 0.2) is 41.6 Å². The summed E-state index contributed by atoms with van der Waals surface area (Å²) < 4.78 is 8.53. The molecular formula is C23H24ClN7O2. The van der Waals surface area contributed by atoms with Gasteiger partial charge >= 0.3 is 0 Å². The van der Waals surface area contributed by atoms with E-state index in [2.05, 4.69) is 20.4 Å². The van der Waals surface area contributed by atoms with Crippen LogP contribution in [0, 0.1) is 6.92 Å². The average Bonchev–Trinajstić information content (AvgIpc) is 3.25. The van der Waals surface area contributed by atoms with Crippen molar-refractivity contribution in [2.45, 2.75) is 31.8 Å². The second-order valence-electron chi connectivity index (χ2n) is 8.44. The Bertz CT molecular complexity index is 1380. The monoisotopic (exact) mass is 465 g/mol. The van der Waals surface area contributed by atoms with E-state index in [4.69, 9.17) is 22.1 Å². The topological polar surface area (TPSA) is 114 Å². The molecule has 0 saturated carbocycles. The molecule has 10 heteroatoms. The molecule has 0 aliphatic carbocycles. The fraction of sp³-hybridized carbons (Fsp3) is 0.348. The lowest BCUT2D eigenvalue weighted by atomic mass is 9.99. The van der Waals surface area contributed by atoms with E-state index in [1.54, 1.807) is 10.9 Å². The highest BCUT2D eigenvalue weighted by Crippen LogP contribution is 2.29. The first-order valence-electron chi connectivity index (χ1n) is 10.8. The summed E-state index contributed by atoms with van der Waals surface area (Å²) >= 11 is 6.62. The predicted molar refractivity (Wildman–Crippen MR) is 125 cm³/mol. The van der Waals surface area contributed by atoms with Crippen molar-refractivity contribution < 1.29 is 4.74 Å². The zero-order valence-electron chi connectivity index (χ0n) is 18.4. The Morgan fingerprint density at radius 2 is 2.15 bits per heavy atom. The maximum absolute atomic E-state index is 13.3. The van der Waals surface area contributed by atoms with Crippen LogP contribution in [0.4, 0.5) is 0 Å². The summed E-state index contributed by atoms with van der Waals surface area (Å²) in [4.78, 5) is 17.9. The molecule has 1 aliphatic heterocycles. The summed E-state index contributed by atoms with van der Waals surface area (Å²) in [6, 6.07) is 5.29. The summed E-state index contributed by atoms with van der Waals surface area (Å²) in [5.74, 6) is 0. The maximum Gasteiger partial charge on any atom is 0.277 e. The molecule has 1 aliphatic rings. The molecule has 170 valence electrons. The number of nitrogens with two attached hydrogens (primary N) is 1. The first-order chi connectivity index (χ1) is 15.9. The van der Waals surface area contributed by atoms with E-state index in [9.17, 15) is 4.79 Å². The molecule has 0 bridgehead atoms. The van der Waals surface area contributed by atoms with Gasteiger partial charge in [0.2, 0.25) is 0 Å². The molecule has 0 spiro atoms. The van der Waals surface area contributed by atoms with Gasteiger partial charge < -0.3 is 10.5 Å². The number of pyridine rings is 1. The normalized spacial score (nSPS) is 18.7. The number of rotatable bonds is 4. The molecule has 2 atom stereocenters. The lowest BCUT2D eigenvalue weighted by Gasteiger charge is -2.28. The first kappa shape index (κ1) is 21.7. The third-order valence-electron chi connectivity index (χ3n) is 6.17. The maximum atomic E-state index is 13.3. The largest absolute Gasteiger partial charge is 0.380 e.